The molecule has 3 nitrogen and oxygen atoms in total. The highest BCUT2D eigenvalue weighted by Gasteiger charge is 2.31. The van der Waals surface area contributed by atoms with E-state index < -0.39 is 0 Å². The molecule has 1 aliphatic carbocycles. The summed E-state index contributed by atoms with van der Waals surface area (Å²) in [6, 6.07) is 0.472. The third-order valence-electron chi connectivity index (χ3n) is 4.07. The van der Waals surface area contributed by atoms with Gasteiger partial charge in [0.1, 0.15) is 0 Å². The molecule has 1 aliphatic heterocycles. The Balaban J connectivity index is 0.00000144. The smallest absolute Gasteiger partial charge is 0.225 e. The molecule has 0 aromatic carbocycles. The molecule has 0 bridgehead atoms. The zero-order valence-corrected chi connectivity index (χ0v) is 11.5. The maximum Gasteiger partial charge on any atom is 0.225 e. The number of halogens is 1. The SMILES string of the molecule is CCCCC1CCCC1NC(=O)C1CNC1.Cl. The van der Waals surface area contributed by atoms with Crippen molar-refractivity contribution in [1.82, 2.24) is 10.6 Å². The molecule has 1 saturated carbocycles. The first kappa shape index (κ1) is 14.8. The van der Waals surface area contributed by atoms with Crippen LogP contribution in [0.5, 0.6) is 0 Å². The van der Waals surface area contributed by atoms with E-state index in [0.29, 0.717) is 6.04 Å². The first-order valence-electron chi connectivity index (χ1n) is 6.82. The van der Waals surface area contributed by atoms with Gasteiger partial charge < -0.3 is 10.6 Å². The van der Waals surface area contributed by atoms with Crippen LogP contribution in [0.4, 0.5) is 0 Å². The Morgan fingerprint density at radius 3 is 2.71 bits per heavy atom. The quantitative estimate of drug-likeness (QED) is 0.795. The lowest BCUT2D eigenvalue weighted by Gasteiger charge is -2.29. The van der Waals surface area contributed by atoms with Gasteiger partial charge in [-0.2, -0.15) is 0 Å². The summed E-state index contributed by atoms with van der Waals surface area (Å²) in [5.74, 6) is 1.27. The van der Waals surface area contributed by atoms with Gasteiger partial charge in [-0.1, -0.05) is 26.2 Å². The van der Waals surface area contributed by atoms with E-state index in [1.165, 1.54) is 38.5 Å². The van der Waals surface area contributed by atoms with Gasteiger partial charge in [-0.3, -0.25) is 4.79 Å². The van der Waals surface area contributed by atoms with Gasteiger partial charge in [0.25, 0.3) is 0 Å². The summed E-state index contributed by atoms with van der Waals surface area (Å²) in [6.45, 7) is 3.99. The van der Waals surface area contributed by atoms with Crippen LogP contribution < -0.4 is 10.6 Å². The van der Waals surface area contributed by atoms with Crippen molar-refractivity contribution < 1.29 is 4.79 Å². The fraction of sp³-hybridized carbons (Fsp3) is 0.923. The minimum atomic E-state index is 0. The fourth-order valence-electron chi connectivity index (χ4n) is 2.81. The number of hydrogen-bond acceptors (Lipinski definition) is 2. The molecule has 1 saturated heterocycles. The highest BCUT2D eigenvalue weighted by atomic mass is 35.5. The van der Waals surface area contributed by atoms with Gasteiger partial charge in [0.05, 0.1) is 5.92 Å². The molecule has 2 unspecified atom stereocenters. The van der Waals surface area contributed by atoms with E-state index >= 15 is 0 Å². The lowest BCUT2D eigenvalue weighted by Crippen LogP contribution is -2.53. The molecule has 0 radical (unpaired) electrons. The fourth-order valence-corrected chi connectivity index (χ4v) is 2.81. The molecule has 2 N–H and O–H groups in total. The van der Waals surface area contributed by atoms with Crippen LogP contribution in [0, 0.1) is 11.8 Å². The van der Waals surface area contributed by atoms with Gasteiger partial charge in [-0.25, -0.2) is 0 Å². The molecule has 17 heavy (non-hydrogen) atoms. The van der Waals surface area contributed by atoms with E-state index in [1.807, 2.05) is 0 Å². The number of rotatable bonds is 5. The first-order chi connectivity index (χ1) is 7.81. The topological polar surface area (TPSA) is 41.1 Å². The van der Waals surface area contributed by atoms with Crippen LogP contribution in [0.2, 0.25) is 0 Å². The second-order valence-electron chi connectivity index (χ2n) is 5.30. The van der Waals surface area contributed by atoms with Gasteiger partial charge in [0.2, 0.25) is 5.91 Å². The van der Waals surface area contributed by atoms with Gasteiger partial charge in [0, 0.05) is 19.1 Å². The minimum Gasteiger partial charge on any atom is -0.353 e. The lowest BCUT2D eigenvalue weighted by atomic mass is 9.95. The second-order valence-corrected chi connectivity index (χ2v) is 5.30. The van der Waals surface area contributed by atoms with Crippen molar-refractivity contribution in [3.8, 4) is 0 Å². The average Bonchev–Trinajstić information content (AvgIpc) is 2.59. The Bertz CT molecular complexity index is 244. The molecule has 2 aliphatic rings. The summed E-state index contributed by atoms with van der Waals surface area (Å²) in [5, 5.41) is 6.41. The first-order valence-corrected chi connectivity index (χ1v) is 6.82. The maximum atomic E-state index is 11.8. The third-order valence-corrected chi connectivity index (χ3v) is 4.07. The summed E-state index contributed by atoms with van der Waals surface area (Å²) >= 11 is 0. The molecule has 4 heteroatoms. The largest absolute Gasteiger partial charge is 0.353 e. The van der Waals surface area contributed by atoms with Crippen molar-refractivity contribution >= 4 is 18.3 Å². The van der Waals surface area contributed by atoms with Crippen LogP contribution in [0.3, 0.4) is 0 Å². The Kier molecular flexibility index (Phi) is 6.28. The van der Waals surface area contributed by atoms with Crippen LogP contribution in [0.1, 0.15) is 45.4 Å². The summed E-state index contributed by atoms with van der Waals surface area (Å²) in [7, 11) is 0. The molecule has 100 valence electrons. The maximum absolute atomic E-state index is 11.8. The van der Waals surface area contributed by atoms with E-state index in [-0.39, 0.29) is 24.2 Å². The van der Waals surface area contributed by atoms with Gasteiger partial charge in [0.15, 0.2) is 0 Å². The average molecular weight is 261 g/mol. The molecular formula is C13H25ClN2O. The van der Waals surface area contributed by atoms with E-state index in [0.717, 1.165) is 19.0 Å². The number of hydrogen-bond donors (Lipinski definition) is 2. The molecule has 0 aromatic heterocycles. The molecule has 1 heterocycles. The zero-order chi connectivity index (χ0) is 11.4. The number of carbonyl (C=O) groups excluding carboxylic acids is 1. The van der Waals surface area contributed by atoms with Gasteiger partial charge >= 0.3 is 0 Å². The summed E-state index contributed by atoms with van der Waals surface area (Å²) < 4.78 is 0. The van der Waals surface area contributed by atoms with E-state index in [9.17, 15) is 4.79 Å². The van der Waals surface area contributed by atoms with Crippen LogP contribution in [0.15, 0.2) is 0 Å². The Labute approximate surface area is 111 Å². The molecule has 0 aromatic rings. The predicted molar refractivity (Wildman–Crippen MR) is 72.4 cm³/mol. The Morgan fingerprint density at radius 2 is 2.12 bits per heavy atom. The van der Waals surface area contributed by atoms with Crippen LogP contribution in [0.25, 0.3) is 0 Å². The highest BCUT2D eigenvalue weighted by molar-refractivity contribution is 5.85. The Morgan fingerprint density at radius 1 is 1.35 bits per heavy atom. The monoisotopic (exact) mass is 260 g/mol. The number of unbranched alkanes of at least 4 members (excludes halogenated alkanes) is 1. The van der Waals surface area contributed by atoms with Crippen molar-refractivity contribution in [3.63, 3.8) is 0 Å². The van der Waals surface area contributed by atoms with Crippen LogP contribution in [-0.4, -0.2) is 25.0 Å². The lowest BCUT2D eigenvalue weighted by molar-refractivity contribution is -0.127. The number of amides is 1. The second kappa shape index (κ2) is 7.22. The van der Waals surface area contributed by atoms with Gasteiger partial charge in [-0.05, 0) is 25.2 Å². The van der Waals surface area contributed by atoms with Crippen molar-refractivity contribution in [3.05, 3.63) is 0 Å². The molecule has 1 amide bonds. The van der Waals surface area contributed by atoms with E-state index in [1.54, 1.807) is 0 Å². The highest BCUT2D eigenvalue weighted by Crippen LogP contribution is 2.30. The summed E-state index contributed by atoms with van der Waals surface area (Å²) in [4.78, 5) is 11.8. The Hall–Kier alpha value is -0.280. The van der Waals surface area contributed by atoms with Crippen molar-refractivity contribution in [2.75, 3.05) is 13.1 Å². The van der Waals surface area contributed by atoms with Crippen LogP contribution >= 0.6 is 12.4 Å². The molecular weight excluding hydrogens is 236 g/mol. The van der Waals surface area contributed by atoms with E-state index in [2.05, 4.69) is 17.6 Å². The van der Waals surface area contributed by atoms with Crippen LogP contribution in [-0.2, 0) is 4.79 Å². The molecule has 0 spiro atoms. The van der Waals surface area contributed by atoms with Crippen molar-refractivity contribution in [1.29, 1.82) is 0 Å². The number of carbonyl (C=O) groups is 1. The standard InChI is InChI=1S/C13H24N2O.ClH/c1-2-3-5-10-6-4-7-12(10)15-13(16)11-8-14-9-11;/h10-12,14H,2-9H2,1H3,(H,15,16);1H. The number of nitrogens with one attached hydrogen (secondary N) is 2. The normalized spacial score (nSPS) is 28.3. The van der Waals surface area contributed by atoms with Crippen molar-refractivity contribution in [2.45, 2.75) is 51.5 Å². The van der Waals surface area contributed by atoms with E-state index in [4.69, 9.17) is 0 Å². The minimum absolute atomic E-state index is 0. The third kappa shape index (κ3) is 3.85. The predicted octanol–water partition coefficient (Wildman–Crippen LogP) is 2.10. The molecule has 2 atom stereocenters. The summed E-state index contributed by atoms with van der Waals surface area (Å²) in [5.41, 5.74) is 0. The van der Waals surface area contributed by atoms with Crippen molar-refractivity contribution in [2.24, 2.45) is 11.8 Å². The summed E-state index contributed by atoms with van der Waals surface area (Å²) in [6.07, 6.45) is 7.67. The van der Waals surface area contributed by atoms with Gasteiger partial charge in [-0.15, -0.1) is 12.4 Å². The zero-order valence-electron chi connectivity index (χ0n) is 10.7. The molecule has 2 rings (SSSR count). The molecule has 2 fully saturated rings.